The predicted molar refractivity (Wildman–Crippen MR) is 203 cm³/mol. The van der Waals surface area contributed by atoms with E-state index >= 15 is 0 Å². The van der Waals surface area contributed by atoms with Crippen LogP contribution in [0.3, 0.4) is 0 Å². The molecule has 3 aromatic heterocycles. The molecular formula is C44H39N5. The van der Waals surface area contributed by atoms with Crippen LogP contribution in [0.25, 0.3) is 66.6 Å². The SMILES string of the molecule is CC1CC2CC(C)N(c3ccccc3-c3nc(-n4c5ccccc5c5ccccc54)cc(-n4c5ccccc5c5ccccc54)n3)C(C1)C2. The molecule has 2 fully saturated rings. The lowest BCUT2D eigenvalue weighted by atomic mass is 9.72. The molecule has 2 bridgehead atoms. The highest BCUT2D eigenvalue weighted by atomic mass is 15.2. The number of nitrogens with zero attached hydrogens (tertiary/aromatic N) is 5. The minimum Gasteiger partial charge on any atom is -0.365 e. The number of rotatable bonds is 4. The van der Waals surface area contributed by atoms with Crippen LogP contribution in [-0.4, -0.2) is 31.2 Å². The molecule has 10 rings (SSSR count). The standard InChI is InChI=1S/C44H39N5/c1-28-23-30-25-29(2)47(31(24-28)26-30)41-22-12-7-17-36(41)44-45-42(48-37-18-8-3-13-32(37)33-14-4-9-19-38(33)48)27-43(46-44)49-39-20-10-5-15-34(39)35-16-6-11-21-40(35)49/h3-22,27-31H,23-26H2,1-2H3. The van der Waals surface area contributed by atoms with Crippen molar-refractivity contribution in [2.45, 2.75) is 51.6 Å². The highest BCUT2D eigenvalue weighted by molar-refractivity contribution is 6.10. The number of fused-ring (bicyclic) bond motifs is 8. The second-order valence-electron chi connectivity index (χ2n) is 14.5. The Bertz CT molecular complexity index is 2300. The van der Waals surface area contributed by atoms with E-state index in [4.69, 9.17) is 9.97 Å². The summed E-state index contributed by atoms with van der Waals surface area (Å²) in [6.07, 6.45) is 5.12. The summed E-state index contributed by atoms with van der Waals surface area (Å²) in [7, 11) is 0. The van der Waals surface area contributed by atoms with Gasteiger partial charge in [-0.15, -0.1) is 0 Å². The lowest BCUT2D eigenvalue weighted by molar-refractivity contribution is 0.179. The molecule has 5 aromatic carbocycles. The number of piperidine rings is 1. The first-order chi connectivity index (χ1) is 24.1. The zero-order valence-corrected chi connectivity index (χ0v) is 28.0. The van der Waals surface area contributed by atoms with Crippen molar-refractivity contribution in [3.63, 3.8) is 0 Å². The van der Waals surface area contributed by atoms with Gasteiger partial charge in [-0.1, -0.05) is 91.9 Å². The van der Waals surface area contributed by atoms with Gasteiger partial charge in [-0.2, -0.15) is 0 Å². The molecule has 5 nitrogen and oxygen atoms in total. The molecule has 0 amide bonds. The average Bonchev–Trinajstić information content (AvgIpc) is 3.64. The Kier molecular flexibility index (Phi) is 6.45. The van der Waals surface area contributed by atoms with Gasteiger partial charge in [-0.3, -0.25) is 9.13 Å². The Morgan fingerprint density at radius 2 is 0.980 bits per heavy atom. The van der Waals surface area contributed by atoms with Gasteiger partial charge in [0, 0.05) is 50.9 Å². The Hall–Kier alpha value is -5.42. The van der Waals surface area contributed by atoms with Crippen molar-refractivity contribution in [3.8, 4) is 23.0 Å². The van der Waals surface area contributed by atoms with Gasteiger partial charge in [0.05, 0.1) is 22.1 Å². The lowest BCUT2D eigenvalue weighted by Crippen LogP contribution is -2.51. The third-order valence-corrected chi connectivity index (χ3v) is 11.3. The van der Waals surface area contributed by atoms with E-state index < -0.39 is 0 Å². The molecule has 8 aromatic rings. The Balaban J connectivity index is 1.27. The van der Waals surface area contributed by atoms with Crippen LogP contribution in [0.2, 0.25) is 0 Å². The molecule has 240 valence electrons. The van der Waals surface area contributed by atoms with Gasteiger partial charge in [-0.05, 0) is 80.8 Å². The summed E-state index contributed by atoms with van der Waals surface area (Å²) in [6, 6.07) is 46.8. The molecule has 0 spiro atoms. The molecule has 0 N–H and O–H groups in total. The maximum Gasteiger partial charge on any atom is 0.166 e. The molecule has 49 heavy (non-hydrogen) atoms. The van der Waals surface area contributed by atoms with Crippen LogP contribution < -0.4 is 4.90 Å². The highest BCUT2D eigenvalue weighted by Crippen LogP contribution is 2.45. The van der Waals surface area contributed by atoms with E-state index in [9.17, 15) is 0 Å². The van der Waals surface area contributed by atoms with Gasteiger partial charge in [-0.25, -0.2) is 9.97 Å². The first-order valence-corrected chi connectivity index (χ1v) is 17.9. The van der Waals surface area contributed by atoms with Gasteiger partial charge < -0.3 is 4.90 Å². The van der Waals surface area contributed by atoms with Crippen molar-refractivity contribution < 1.29 is 0 Å². The number of aromatic nitrogens is 4. The minimum atomic E-state index is 0.467. The maximum atomic E-state index is 5.50. The van der Waals surface area contributed by atoms with Crippen molar-refractivity contribution in [2.24, 2.45) is 11.8 Å². The molecule has 2 aliphatic rings. The van der Waals surface area contributed by atoms with Crippen molar-refractivity contribution in [3.05, 3.63) is 127 Å². The normalized spacial score (nSPS) is 20.9. The van der Waals surface area contributed by atoms with E-state index in [1.807, 2.05) is 0 Å². The van der Waals surface area contributed by atoms with E-state index in [1.54, 1.807) is 0 Å². The van der Waals surface area contributed by atoms with E-state index in [0.717, 1.165) is 56.9 Å². The molecule has 4 atom stereocenters. The Morgan fingerprint density at radius 1 is 0.510 bits per heavy atom. The number of hydrogen-bond acceptors (Lipinski definition) is 3. The van der Waals surface area contributed by atoms with Crippen LogP contribution >= 0.6 is 0 Å². The molecule has 1 aliphatic carbocycles. The van der Waals surface area contributed by atoms with Crippen molar-refractivity contribution in [1.29, 1.82) is 0 Å². The number of para-hydroxylation sites is 5. The number of benzene rings is 5. The molecule has 1 aliphatic heterocycles. The summed E-state index contributed by atoms with van der Waals surface area (Å²) < 4.78 is 4.65. The van der Waals surface area contributed by atoms with Crippen LogP contribution in [0.15, 0.2) is 127 Å². The van der Waals surface area contributed by atoms with Gasteiger partial charge in [0.25, 0.3) is 0 Å². The van der Waals surface area contributed by atoms with Crippen molar-refractivity contribution in [2.75, 3.05) is 4.90 Å². The maximum absolute atomic E-state index is 5.50. The van der Waals surface area contributed by atoms with Crippen LogP contribution in [-0.2, 0) is 0 Å². The minimum absolute atomic E-state index is 0.467. The zero-order valence-electron chi connectivity index (χ0n) is 28.0. The summed E-state index contributed by atoms with van der Waals surface area (Å²) in [4.78, 5) is 13.7. The van der Waals surface area contributed by atoms with Crippen LogP contribution in [0.5, 0.6) is 0 Å². The second kappa shape index (κ2) is 11.1. The fraction of sp³-hybridized carbons (Fsp3) is 0.227. The van der Waals surface area contributed by atoms with Crippen LogP contribution in [0.1, 0.15) is 39.5 Å². The first-order valence-electron chi connectivity index (χ1n) is 17.9. The quantitative estimate of drug-likeness (QED) is 0.193. The van der Waals surface area contributed by atoms with Crippen molar-refractivity contribution >= 4 is 49.3 Å². The van der Waals surface area contributed by atoms with E-state index in [0.29, 0.717) is 12.1 Å². The fourth-order valence-electron chi connectivity index (χ4n) is 9.51. The molecule has 0 radical (unpaired) electrons. The molecule has 1 saturated heterocycles. The van der Waals surface area contributed by atoms with E-state index in [-0.39, 0.29) is 0 Å². The second-order valence-corrected chi connectivity index (χ2v) is 14.5. The number of anilines is 1. The summed E-state index contributed by atoms with van der Waals surface area (Å²) in [6.45, 7) is 4.86. The number of hydrogen-bond donors (Lipinski definition) is 0. The highest BCUT2D eigenvalue weighted by Gasteiger charge is 2.39. The summed E-state index contributed by atoms with van der Waals surface area (Å²) >= 11 is 0. The monoisotopic (exact) mass is 637 g/mol. The van der Waals surface area contributed by atoms with Gasteiger partial charge in [0.2, 0.25) is 0 Å². The smallest absolute Gasteiger partial charge is 0.166 e. The topological polar surface area (TPSA) is 38.9 Å². The molecule has 4 heterocycles. The average molecular weight is 638 g/mol. The Morgan fingerprint density at radius 3 is 1.51 bits per heavy atom. The molecule has 5 heteroatoms. The first kappa shape index (κ1) is 28.6. The zero-order chi connectivity index (χ0) is 32.6. The fourth-order valence-corrected chi connectivity index (χ4v) is 9.51. The van der Waals surface area contributed by atoms with Crippen LogP contribution in [0, 0.1) is 11.8 Å². The predicted octanol–water partition coefficient (Wildman–Crippen LogP) is 10.7. The molecular weight excluding hydrogens is 599 g/mol. The molecule has 1 saturated carbocycles. The van der Waals surface area contributed by atoms with E-state index in [1.165, 1.54) is 52.9 Å². The third kappa shape index (κ3) is 4.45. The van der Waals surface area contributed by atoms with Gasteiger partial charge in [0.1, 0.15) is 11.6 Å². The lowest BCUT2D eigenvalue weighted by Gasteiger charge is -2.50. The van der Waals surface area contributed by atoms with Crippen LogP contribution in [0.4, 0.5) is 5.69 Å². The third-order valence-electron chi connectivity index (χ3n) is 11.3. The van der Waals surface area contributed by atoms with Gasteiger partial charge >= 0.3 is 0 Å². The Labute approximate surface area is 286 Å². The summed E-state index contributed by atoms with van der Waals surface area (Å²) in [5.41, 5.74) is 6.91. The largest absolute Gasteiger partial charge is 0.365 e. The summed E-state index contributed by atoms with van der Waals surface area (Å²) in [5, 5.41) is 4.89. The van der Waals surface area contributed by atoms with Gasteiger partial charge in [0.15, 0.2) is 5.82 Å². The van der Waals surface area contributed by atoms with E-state index in [2.05, 4.69) is 155 Å². The van der Waals surface area contributed by atoms with Crippen molar-refractivity contribution in [1.82, 2.24) is 19.1 Å². The summed E-state index contributed by atoms with van der Waals surface area (Å²) in [5.74, 6) is 4.07. The molecule has 4 unspecified atom stereocenters.